The van der Waals surface area contributed by atoms with Gasteiger partial charge in [0, 0.05) is 51.5 Å². The van der Waals surface area contributed by atoms with Crippen molar-refractivity contribution >= 4 is 0 Å². The zero-order chi connectivity index (χ0) is 15.6. The van der Waals surface area contributed by atoms with Gasteiger partial charge in [-0.1, -0.05) is 0 Å². The highest BCUT2D eigenvalue weighted by atomic mass is 16.3. The van der Waals surface area contributed by atoms with Crippen molar-refractivity contribution in [3.8, 4) is 0 Å². The summed E-state index contributed by atoms with van der Waals surface area (Å²) in [6.45, 7) is 7.82. The highest BCUT2D eigenvalue weighted by molar-refractivity contribution is 4.98. The van der Waals surface area contributed by atoms with Crippen LogP contribution in [-0.2, 0) is 0 Å². The highest BCUT2D eigenvalue weighted by Crippen LogP contribution is 2.18. The van der Waals surface area contributed by atoms with Crippen LogP contribution in [0.4, 0.5) is 0 Å². The van der Waals surface area contributed by atoms with E-state index in [1.807, 2.05) is 31.8 Å². The van der Waals surface area contributed by atoms with Gasteiger partial charge >= 0.3 is 0 Å². The lowest BCUT2D eigenvalue weighted by molar-refractivity contribution is 0.0485. The molecule has 4 atom stereocenters. The summed E-state index contributed by atoms with van der Waals surface area (Å²) < 4.78 is 0. The maximum atomic E-state index is 10.3. The zero-order valence-corrected chi connectivity index (χ0v) is 13.4. The van der Waals surface area contributed by atoms with E-state index in [2.05, 4.69) is 33.4 Å². The van der Waals surface area contributed by atoms with Gasteiger partial charge in [-0.15, -0.1) is 0 Å². The molecule has 0 bridgehead atoms. The van der Waals surface area contributed by atoms with Crippen LogP contribution in [0.5, 0.6) is 0 Å². The maximum Gasteiger partial charge on any atom is 0.0980 e. The van der Waals surface area contributed by atoms with Crippen LogP contribution < -0.4 is 0 Å². The topological polar surface area (TPSA) is 53.4 Å². The van der Waals surface area contributed by atoms with E-state index in [0.717, 1.165) is 0 Å². The summed E-state index contributed by atoms with van der Waals surface area (Å²) in [4.78, 5) is 8.46. The molecule has 0 saturated heterocycles. The van der Waals surface area contributed by atoms with E-state index < -0.39 is 6.10 Å². The van der Waals surface area contributed by atoms with Crippen molar-refractivity contribution in [3.63, 3.8) is 0 Å². The van der Waals surface area contributed by atoms with Crippen molar-refractivity contribution in [1.82, 2.24) is 19.6 Å². The average Bonchev–Trinajstić information content (AvgIpc) is 2.89. The van der Waals surface area contributed by atoms with Crippen LogP contribution in [0.15, 0.2) is 24.8 Å². The van der Waals surface area contributed by atoms with Crippen LogP contribution in [0, 0.1) is 0 Å². The molecule has 2 N–H and O–H groups in total. The summed E-state index contributed by atoms with van der Waals surface area (Å²) in [6.07, 6.45) is 7.72. The lowest BCUT2D eigenvalue weighted by Gasteiger charge is -2.33. The molecule has 2 aliphatic heterocycles. The fourth-order valence-corrected chi connectivity index (χ4v) is 2.77. The van der Waals surface area contributed by atoms with Gasteiger partial charge < -0.3 is 29.8 Å². The number of aliphatic hydroxyl groups is 2. The monoisotopic (exact) mass is 296 g/mol. The smallest absolute Gasteiger partial charge is 0.0980 e. The predicted molar refractivity (Wildman–Crippen MR) is 82.8 cm³/mol. The fourth-order valence-electron chi connectivity index (χ4n) is 2.77. The van der Waals surface area contributed by atoms with Gasteiger partial charge in [0.05, 0.1) is 24.5 Å². The minimum Gasteiger partial charge on any atom is -0.392 e. The van der Waals surface area contributed by atoms with Gasteiger partial charge in [-0.25, -0.2) is 0 Å². The Morgan fingerprint density at radius 2 is 1.33 bits per heavy atom. The largest absolute Gasteiger partial charge is 0.392 e. The summed E-state index contributed by atoms with van der Waals surface area (Å²) >= 11 is 0. The maximum absolute atomic E-state index is 10.3. The SMILES string of the molecule is CC(O)CN1C=CN(CC(O)CN2C=CN(C)C2C)C1C. The molecule has 6 nitrogen and oxygen atoms in total. The molecule has 0 amide bonds. The molecule has 4 unspecified atom stereocenters. The first-order valence-electron chi connectivity index (χ1n) is 7.60. The van der Waals surface area contributed by atoms with E-state index in [1.54, 1.807) is 6.92 Å². The molecule has 0 aliphatic carbocycles. The van der Waals surface area contributed by atoms with E-state index in [0.29, 0.717) is 19.6 Å². The number of rotatable bonds is 6. The number of nitrogens with zero attached hydrogens (tertiary/aromatic N) is 4. The molecule has 6 heteroatoms. The van der Waals surface area contributed by atoms with Crippen molar-refractivity contribution in [2.24, 2.45) is 0 Å². The number of β-amino-alcohol motifs (C(OH)–C–C–N with tert-alkyl or cyclic N) is 2. The van der Waals surface area contributed by atoms with Crippen molar-refractivity contribution in [2.45, 2.75) is 45.3 Å². The molecule has 0 spiro atoms. The lowest BCUT2D eigenvalue weighted by atomic mass is 10.2. The third kappa shape index (κ3) is 3.83. The molecule has 0 saturated carbocycles. The summed E-state index contributed by atoms with van der Waals surface area (Å²) in [5.41, 5.74) is 0. The van der Waals surface area contributed by atoms with Gasteiger partial charge in [0.25, 0.3) is 0 Å². The second kappa shape index (κ2) is 6.58. The third-order valence-corrected chi connectivity index (χ3v) is 4.29. The van der Waals surface area contributed by atoms with Crippen LogP contribution in [0.25, 0.3) is 0 Å². The molecule has 2 rings (SSSR count). The van der Waals surface area contributed by atoms with Crippen LogP contribution in [0.3, 0.4) is 0 Å². The second-order valence-corrected chi connectivity index (χ2v) is 6.12. The van der Waals surface area contributed by atoms with Crippen molar-refractivity contribution < 1.29 is 10.2 Å². The van der Waals surface area contributed by atoms with Gasteiger partial charge in [0.1, 0.15) is 0 Å². The van der Waals surface area contributed by atoms with Gasteiger partial charge in [0.2, 0.25) is 0 Å². The number of hydrogen-bond donors (Lipinski definition) is 2. The van der Waals surface area contributed by atoms with Crippen molar-refractivity contribution in [2.75, 3.05) is 26.7 Å². The summed E-state index contributed by atoms with van der Waals surface area (Å²) in [7, 11) is 2.03. The molecule has 0 radical (unpaired) electrons. The Bertz CT molecular complexity index is 399. The quantitative estimate of drug-likeness (QED) is 0.732. The Balaban J connectivity index is 1.80. The molecule has 0 aromatic rings. The molecule has 0 fully saturated rings. The van der Waals surface area contributed by atoms with Crippen LogP contribution in [-0.4, -0.2) is 81.0 Å². The molecule has 0 aromatic heterocycles. The lowest BCUT2D eigenvalue weighted by Crippen LogP contribution is -2.45. The van der Waals surface area contributed by atoms with Crippen LogP contribution >= 0.6 is 0 Å². The van der Waals surface area contributed by atoms with Gasteiger partial charge in [-0.2, -0.15) is 0 Å². The van der Waals surface area contributed by atoms with Crippen LogP contribution in [0.2, 0.25) is 0 Å². The van der Waals surface area contributed by atoms with Gasteiger partial charge in [-0.05, 0) is 20.8 Å². The molecule has 0 aromatic carbocycles. The Kier molecular flexibility index (Phi) is 5.00. The van der Waals surface area contributed by atoms with Crippen LogP contribution in [0.1, 0.15) is 20.8 Å². The standard InChI is InChI=1S/C15H28N4O2/c1-12(20)9-17-7-8-19(14(17)3)11-15(21)10-18-6-5-16(4)13(18)2/h5-8,12-15,20-21H,9-11H2,1-4H3. The first kappa shape index (κ1) is 16.0. The van der Waals surface area contributed by atoms with E-state index in [9.17, 15) is 10.2 Å². The molecular weight excluding hydrogens is 268 g/mol. The molecule has 21 heavy (non-hydrogen) atoms. The first-order valence-corrected chi connectivity index (χ1v) is 7.60. The van der Waals surface area contributed by atoms with Crippen molar-refractivity contribution in [3.05, 3.63) is 24.8 Å². The van der Waals surface area contributed by atoms with E-state index in [4.69, 9.17) is 0 Å². The third-order valence-electron chi connectivity index (χ3n) is 4.29. The van der Waals surface area contributed by atoms with Gasteiger partial charge in [0.15, 0.2) is 0 Å². The molecule has 120 valence electrons. The van der Waals surface area contributed by atoms with Crippen molar-refractivity contribution in [1.29, 1.82) is 0 Å². The number of hydrogen-bond acceptors (Lipinski definition) is 6. The summed E-state index contributed by atoms with van der Waals surface area (Å²) in [6, 6.07) is 0. The highest BCUT2D eigenvalue weighted by Gasteiger charge is 2.26. The van der Waals surface area contributed by atoms with E-state index >= 15 is 0 Å². The Labute approximate surface area is 127 Å². The zero-order valence-electron chi connectivity index (χ0n) is 13.4. The number of aliphatic hydroxyl groups excluding tert-OH is 2. The molecule has 2 aliphatic rings. The second-order valence-electron chi connectivity index (χ2n) is 6.12. The molecular formula is C15H28N4O2. The fraction of sp³-hybridized carbons (Fsp3) is 0.733. The first-order chi connectivity index (χ1) is 9.88. The summed E-state index contributed by atoms with van der Waals surface area (Å²) in [5.74, 6) is 0. The predicted octanol–water partition coefficient (Wildman–Crippen LogP) is 0.228. The summed E-state index contributed by atoms with van der Waals surface area (Å²) in [5, 5.41) is 19.8. The van der Waals surface area contributed by atoms with Gasteiger partial charge in [-0.3, -0.25) is 0 Å². The normalized spacial score (nSPS) is 27.9. The Morgan fingerprint density at radius 1 is 0.857 bits per heavy atom. The minimum atomic E-state index is -0.415. The molecule has 2 heterocycles. The van der Waals surface area contributed by atoms with E-state index in [-0.39, 0.29) is 18.4 Å². The van der Waals surface area contributed by atoms with E-state index in [1.165, 1.54) is 0 Å². The average molecular weight is 296 g/mol. The minimum absolute atomic E-state index is 0.170. The Morgan fingerprint density at radius 3 is 1.81 bits per heavy atom. The Hall–Kier alpha value is -1.40.